The van der Waals surface area contributed by atoms with Crippen LogP contribution in [0, 0.1) is 17.2 Å². The lowest BCUT2D eigenvalue weighted by Crippen LogP contribution is -2.37. The second-order valence-corrected chi connectivity index (χ2v) is 8.00. The normalized spacial score (nSPS) is 20.5. The number of nitrogens with zero attached hydrogens (tertiary/aromatic N) is 2. The highest BCUT2D eigenvalue weighted by Crippen LogP contribution is 2.48. The molecule has 1 saturated carbocycles. The largest absolute Gasteiger partial charge is 0.387 e. The Balaban J connectivity index is 1.49. The van der Waals surface area contributed by atoms with Crippen molar-refractivity contribution >= 4 is 28.2 Å². The molecule has 7 heteroatoms. The first kappa shape index (κ1) is 17.7. The monoisotopic (exact) mass is 381 g/mol. The Bertz CT molecular complexity index is 932. The van der Waals surface area contributed by atoms with Crippen molar-refractivity contribution in [3.63, 3.8) is 0 Å². The van der Waals surface area contributed by atoms with Gasteiger partial charge in [0.1, 0.15) is 17.7 Å². The topological polar surface area (TPSA) is 93.4 Å². The number of amides is 2. The molecule has 6 nitrogen and oxygen atoms in total. The molecule has 2 aliphatic rings. The Morgan fingerprint density at radius 1 is 1.33 bits per heavy atom. The Morgan fingerprint density at radius 3 is 2.81 bits per heavy atom. The molecule has 1 aromatic heterocycles. The van der Waals surface area contributed by atoms with Gasteiger partial charge in [0, 0.05) is 17.3 Å². The zero-order valence-corrected chi connectivity index (χ0v) is 15.5. The fourth-order valence-electron chi connectivity index (χ4n) is 3.68. The lowest BCUT2D eigenvalue weighted by molar-refractivity contribution is -0.135. The van der Waals surface area contributed by atoms with E-state index in [-0.39, 0.29) is 23.7 Å². The van der Waals surface area contributed by atoms with Crippen LogP contribution in [0.15, 0.2) is 30.3 Å². The van der Waals surface area contributed by atoms with Gasteiger partial charge in [-0.2, -0.15) is 5.26 Å². The zero-order chi connectivity index (χ0) is 19.0. The molecule has 1 aliphatic carbocycles. The summed E-state index contributed by atoms with van der Waals surface area (Å²) in [7, 11) is 0. The van der Waals surface area contributed by atoms with Gasteiger partial charge in [-0.25, -0.2) is 0 Å². The van der Waals surface area contributed by atoms with E-state index in [1.807, 2.05) is 30.3 Å². The number of aliphatic hydroxyl groups excluding tert-OH is 1. The van der Waals surface area contributed by atoms with Crippen LogP contribution in [-0.2, 0) is 22.6 Å². The Hall–Kier alpha value is -2.69. The molecule has 1 aliphatic heterocycles. The third-order valence-corrected chi connectivity index (χ3v) is 6.38. The smallest absolute Gasteiger partial charge is 0.248 e. The molecule has 0 spiro atoms. The predicted octanol–water partition coefficient (Wildman–Crippen LogP) is 2.24. The van der Waals surface area contributed by atoms with E-state index >= 15 is 0 Å². The molecule has 2 aromatic rings. The number of thiophene rings is 1. The van der Waals surface area contributed by atoms with Crippen LogP contribution in [-0.4, -0.2) is 35.0 Å². The van der Waals surface area contributed by atoms with Crippen LogP contribution in [0.3, 0.4) is 0 Å². The van der Waals surface area contributed by atoms with Gasteiger partial charge in [-0.3, -0.25) is 9.59 Å². The Kier molecular flexibility index (Phi) is 4.68. The molecule has 0 radical (unpaired) electrons. The molecule has 27 heavy (non-hydrogen) atoms. The SMILES string of the molecule is N#Cc1c(NC(=O)[C@H]2C[C@H]2c2ccccc2)sc2c1CCN(C(=O)CO)C2. The molecular formula is C20H19N3O3S. The first-order valence-electron chi connectivity index (χ1n) is 8.91. The number of hydrogen-bond acceptors (Lipinski definition) is 5. The highest BCUT2D eigenvalue weighted by molar-refractivity contribution is 7.16. The first-order chi connectivity index (χ1) is 13.1. The number of rotatable bonds is 4. The lowest BCUT2D eigenvalue weighted by atomic mass is 10.0. The summed E-state index contributed by atoms with van der Waals surface area (Å²) in [6.45, 7) is 0.335. The molecule has 2 heterocycles. The van der Waals surface area contributed by atoms with Crippen molar-refractivity contribution in [2.75, 3.05) is 18.5 Å². The van der Waals surface area contributed by atoms with Gasteiger partial charge in [-0.15, -0.1) is 11.3 Å². The molecule has 0 bridgehead atoms. The molecular weight excluding hydrogens is 362 g/mol. The zero-order valence-electron chi connectivity index (χ0n) is 14.6. The molecule has 4 rings (SSSR count). The van der Waals surface area contributed by atoms with Gasteiger partial charge < -0.3 is 15.3 Å². The summed E-state index contributed by atoms with van der Waals surface area (Å²) < 4.78 is 0. The van der Waals surface area contributed by atoms with Crippen LogP contribution in [0.4, 0.5) is 5.00 Å². The fourth-order valence-corrected chi connectivity index (χ4v) is 4.90. The van der Waals surface area contributed by atoms with Crippen molar-refractivity contribution in [2.24, 2.45) is 5.92 Å². The number of carbonyl (C=O) groups is 2. The molecule has 138 valence electrons. The summed E-state index contributed by atoms with van der Waals surface area (Å²) in [5.74, 6) is -0.196. The van der Waals surface area contributed by atoms with Gasteiger partial charge in [0.25, 0.3) is 0 Å². The average molecular weight is 381 g/mol. The van der Waals surface area contributed by atoms with E-state index in [9.17, 15) is 14.9 Å². The van der Waals surface area contributed by atoms with Gasteiger partial charge in [0.05, 0.1) is 12.1 Å². The van der Waals surface area contributed by atoms with E-state index < -0.39 is 6.61 Å². The maximum absolute atomic E-state index is 12.6. The number of nitrogens with one attached hydrogen (secondary N) is 1. The first-order valence-corrected chi connectivity index (χ1v) is 9.73. The van der Waals surface area contributed by atoms with Crippen LogP contribution < -0.4 is 5.32 Å². The van der Waals surface area contributed by atoms with Gasteiger partial charge >= 0.3 is 0 Å². The van der Waals surface area contributed by atoms with Crippen molar-refractivity contribution in [1.29, 1.82) is 5.26 Å². The van der Waals surface area contributed by atoms with E-state index in [1.165, 1.54) is 16.9 Å². The van der Waals surface area contributed by atoms with Crippen molar-refractivity contribution in [3.8, 4) is 6.07 Å². The molecule has 2 atom stereocenters. The lowest BCUT2D eigenvalue weighted by Gasteiger charge is -2.26. The molecule has 1 fully saturated rings. The summed E-state index contributed by atoms with van der Waals surface area (Å²) in [5, 5.41) is 22.1. The minimum atomic E-state index is -0.516. The number of anilines is 1. The van der Waals surface area contributed by atoms with Gasteiger partial charge in [-0.05, 0) is 29.9 Å². The predicted molar refractivity (Wildman–Crippen MR) is 101 cm³/mol. The van der Waals surface area contributed by atoms with Crippen LogP contribution >= 0.6 is 11.3 Å². The van der Waals surface area contributed by atoms with Crippen molar-refractivity contribution in [3.05, 3.63) is 51.9 Å². The number of aliphatic hydroxyl groups is 1. The van der Waals surface area contributed by atoms with Crippen molar-refractivity contribution in [2.45, 2.75) is 25.3 Å². The molecule has 1 aromatic carbocycles. The third-order valence-electron chi connectivity index (χ3n) is 5.25. The number of benzene rings is 1. The standard InChI is InChI=1S/C20H19N3O3S/c21-9-16-13-6-7-23(18(25)11-24)10-17(13)27-20(16)22-19(26)15-8-14(15)12-4-2-1-3-5-12/h1-5,14-15,24H,6-8,10-11H2,(H,22,26)/t14-,15-/m0/s1. The number of carbonyl (C=O) groups excluding carboxylic acids is 2. The molecule has 2 N–H and O–H groups in total. The number of fused-ring (bicyclic) bond motifs is 1. The van der Waals surface area contributed by atoms with E-state index in [4.69, 9.17) is 5.11 Å². The quantitative estimate of drug-likeness (QED) is 0.849. The summed E-state index contributed by atoms with van der Waals surface area (Å²) in [5.41, 5.74) is 2.59. The van der Waals surface area contributed by atoms with Crippen LogP contribution in [0.1, 0.15) is 33.9 Å². The van der Waals surface area contributed by atoms with Crippen molar-refractivity contribution in [1.82, 2.24) is 4.90 Å². The summed E-state index contributed by atoms with van der Waals surface area (Å²) in [6, 6.07) is 12.2. The minimum absolute atomic E-state index is 0.0535. The van der Waals surface area contributed by atoms with Crippen LogP contribution in [0.25, 0.3) is 0 Å². The fraction of sp³-hybridized carbons (Fsp3) is 0.350. The molecule has 0 unspecified atom stereocenters. The van der Waals surface area contributed by atoms with Crippen LogP contribution in [0.2, 0.25) is 0 Å². The Labute approximate surface area is 161 Å². The number of nitriles is 1. The minimum Gasteiger partial charge on any atom is -0.387 e. The molecule has 0 saturated heterocycles. The second kappa shape index (κ2) is 7.14. The maximum atomic E-state index is 12.6. The van der Waals surface area contributed by atoms with E-state index in [1.54, 1.807) is 4.90 Å². The van der Waals surface area contributed by atoms with Crippen molar-refractivity contribution < 1.29 is 14.7 Å². The highest BCUT2D eigenvalue weighted by Gasteiger charge is 2.44. The maximum Gasteiger partial charge on any atom is 0.248 e. The Morgan fingerprint density at radius 2 is 2.11 bits per heavy atom. The second-order valence-electron chi connectivity index (χ2n) is 6.89. The summed E-state index contributed by atoms with van der Waals surface area (Å²) in [4.78, 5) is 26.9. The molecule has 2 amide bonds. The van der Waals surface area contributed by atoms with E-state index in [2.05, 4.69) is 11.4 Å². The van der Waals surface area contributed by atoms with Gasteiger partial charge in [0.2, 0.25) is 11.8 Å². The summed E-state index contributed by atoms with van der Waals surface area (Å²) in [6.07, 6.45) is 1.38. The van der Waals surface area contributed by atoms with Crippen LogP contribution in [0.5, 0.6) is 0 Å². The van der Waals surface area contributed by atoms with Gasteiger partial charge in [-0.1, -0.05) is 30.3 Å². The highest BCUT2D eigenvalue weighted by atomic mass is 32.1. The number of hydrogen-bond donors (Lipinski definition) is 2. The average Bonchev–Trinajstić information content (AvgIpc) is 3.43. The van der Waals surface area contributed by atoms with Gasteiger partial charge in [0.15, 0.2) is 0 Å². The van der Waals surface area contributed by atoms with E-state index in [0.29, 0.717) is 30.1 Å². The van der Waals surface area contributed by atoms with E-state index in [0.717, 1.165) is 16.9 Å². The summed E-state index contributed by atoms with van der Waals surface area (Å²) >= 11 is 1.36. The third kappa shape index (κ3) is 3.34.